The SMILES string of the molecule is Cc1onc(-c2ccccc2Cl)c1C(=O)Nc1ccc(C(C)(C)C)cc1Br. The first kappa shape index (κ1) is 19.6. The highest BCUT2D eigenvalue weighted by Gasteiger charge is 2.24. The Labute approximate surface area is 172 Å². The van der Waals surface area contributed by atoms with E-state index in [1.165, 1.54) is 5.56 Å². The van der Waals surface area contributed by atoms with Gasteiger partial charge in [0.15, 0.2) is 0 Å². The van der Waals surface area contributed by atoms with Crippen LogP contribution in [0.3, 0.4) is 0 Å². The van der Waals surface area contributed by atoms with Crippen molar-refractivity contribution < 1.29 is 9.32 Å². The van der Waals surface area contributed by atoms with Gasteiger partial charge in [0.1, 0.15) is 17.0 Å². The van der Waals surface area contributed by atoms with E-state index in [1.807, 2.05) is 36.4 Å². The van der Waals surface area contributed by atoms with Gasteiger partial charge < -0.3 is 9.84 Å². The van der Waals surface area contributed by atoms with Gasteiger partial charge in [0.2, 0.25) is 0 Å². The van der Waals surface area contributed by atoms with Crippen molar-refractivity contribution in [2.45, 2.75) is 33.1 Å². The average Bonchev–Trinajstić information content (AvgIpc) is 2.97. The van der Waals surface area contributed by atoms with E-state index in [0.717, 1.165) is 4.47 Å². The minimum absolute atomic E-state index is 0.0212. The number of carbonyl (C=O) groups is 1. The summed E-state index contributed by atoms with van der Waals surface area (Å²) in [5.74, 6) is 0.137. The maximum absolute atomic E-state index is 13.0. The van der Waals surface area contributed by atoms with Gasteiger partial charge in [0.25, 0.3) is 5.91 Å². The van der Waals surface area contributed by atoms with Gasteiger partial charge in [-0.2, -0.15) is 0 Å². The van der Waals surface area contributed by atoms with Crippen molar-refractivity contribution in [3.63, 3.8) is 0 Å². The molecule has 4 nitrogen and oxygen atoms in total. The first-order valence-electron chi connectivity index (χ1n) is 8.51. The zero-order valence-electron chi connectivity index (χ0n) is 15.6. The number of hydrogen-bond acceptors (Lipinski definition) is 3. The number of halogens is 2. The molecular formula is C21H20BrClN2O2. The zero-order valence-corrected chi connectivity index (χ0v) is 17.9. The molecule has 0 aliphatic carbocycles. The lowest BCUT2D eigenvalue weighted by Gasteiger charge is -2.20. The van der Waals surface area contributed by atoms with Gasteiger partial charge in [-0.25, -0.2) is 0 Å². The molecule has 3 rings (SSSR count). The molecule has 0 bridgehead atoms. The smallest absolute Gasteiger partial charge is 0.261 e. The van der Waals surface area contributed by atoms with E-state index in [9.17, 15) is 4.79 Å². The highest BCUT2D eigenvalue weighted by atomic mass is 79.9. The third-order valence-electron chi connectivity index (χ3n) is 4.30. The molecule has 1 heterocycles. The van der Waals surface area contributed by atoms with Crippen LogP contribution in [0.2, 0.25) is 5.02 Å². The van der Waals surface area contributed by atoms with Crippen LogP contribution in [-0.4, -0.2) is 11.1 Å². The summed E-state index contributed by atoms with van der Waals surface area (Å²) in [6.07, 6.45) is 0. The number of hydrogen-bond donors (Lipinski definition) is 1. The molecule has 6 heteroatoms. The molecule has 0 radical (unpaired) electrons. The topological polar surface area (TPSA) is 55.1 Å². The highest BCUT2D eigenvalue weighted by molar-refractivity contribution is 9.10. The van der Waals surface area contributed by atoms with E-state index in [4.69, 9.17) is 16.1 Å². The van der Waals surface area contributed by atoms with Crippen LogP contribution in [0.15, 0.2) is 51.5 Å². The molecule has 0 spiro atoms. The largest absolute Gasteiger partial charge is 0.360 e. The van der Waals surface area contributed by atoms with Gasteiger partial charge in [-0.15, -0.1) is 0 Å². The Hall–Kier alpha value is -2.11. The lowest BCUT2D eigenvalue weighted by Crippen LogP contribution is -2.15. The van der Waals surface area contributed by atoms with E-state index in [2.05, 4.69) is 47.2 Å². The number of carbonyl (C=O) groups excluding carboxylic acids is 1. The molecule has 0 fully saturated rings. The fraction of sp³-hybridized carbons (Fsp3) is 0.238. The Kier molecular flexibility index (Phi) is 5.45. The molecule has 0 atom stereocenters. The molecule has 1 N–H and O–H groups in total. The summed E-state index contributed by atoms with van der Waals surface area (Å²) in [6.45, 7) is 8.14. The van der Waals surface area contributed by atoms with Crippen LogP contribution in [0.25, 0.3) is 11.3 Å². The van der Waals surface area contributed by atoms with E-state index in [1.54, 1.807) is 13.0 Å². The fourth-order valence-electron chi connectivity index (χ4n) is 2.74. The molecule has 0 saturated carbocycles. The number of amides is 1. The second-order valence-corrected chi connectivity index (χ2v) is 8.60. The number of nitrogens with zero attached hydrogens (tertiary/aromatic N) is 1. The predicted molar refractivity (Wildman–Crippen MR) is 112 cm³/mol. The van der Waals surface area contributed by atoms with Gasteiger partial charge in [0.05, 0.1) is 10.7 Å². The molecule has 0 unspecified atom stereocenters. The summed E-state index contributed by atoms with van der Waals surface area (Å²) in [5.41, 5.74) is 3.33. The summed E-state index contributed by atoms with van der Waals surface area (Å²) in [4.78, 5) is 13.0. The molecule has 140 valence electrons. The van der Waals surface area contributed by atoms with E-state index in [-0.39, 0.29) is 11.3 Å². The lowest BCUT2D eigenvalue weighted by atomic mass is 9.87. The third-order valence-corrected chi connectivity index (χ3v) is 5.29. The normalized spacial score (nSPS) is 11.5. The fourth-order valence-corrected chi connectivity index (χ4v) is 3.45. The van der Waals surface area contributed by atoms with Crippen LogP contribution < -0.4 is 5.32 Å². The molecule has 1 amide bonds. The van der Waals surface area contributed by atoms with Crippen molar-refractivity contribution in [2.24, 2.45) is 0 Å². The second-order valence-electron chi connectivity index (χ2n) is 7.34. The first-order chi connectivity index (χ1) is 12.7. The molecule has 27 heavy (non-hydrogen) atoms. The van der Waals surface area contributed by atoms with Crippen molar-refractivity contribution in [1.82, 2.24) is 5.16 Å². The van der Waals surface area contributed by atoms with Crippen molar-refractivity contribution in [3.8, 4) is 11.3 Å². The van der Waals surface area contributed by atoms with Crippen molar-refractivity contribution in [2.75, 3.05) is 5.32 Å². The summed E-state index contributed by atoms with van der Waals surface area (Å²) >= 11 is 9.82. The maximum atomic E-state index is 13.0. The summed E-state index contributed by atoms with van der Waals surface area (Å²) < 4.78 is 6.09. The van der Waals surface area contributed by atoms with Crippen LogP contribution in [0.1, 0.15) is 42.5 Å². The second kappa shape index (κ2) is 7.49. The Bertz CT molecular complexity index is 1010. The molecule has 0 aliphatic heterocycles. The molecular weight excluding hydrogens is 428 g/mol. The van der Waals surface area contributed by atoms with Crippen molar-refractivity contribution in [1.29, 1.82) is 0 Å². The Morgan fingerprint density at radius 3 is 2.52 bits per heavy atom. The molecule has 3 aromatic rings. The predicted octanol–water partition coefficient (Wildman–Crippen LogP) is 6.62. The van der Waals surface area contributed by atoms with Crippen LogP contribution in [0, 0.1) is 6.92 Å². The van der Waals surface area contributed by atoms with Crippen LogP contribution in [0.4, 0.5) is 5.69 Å². The summed E-state index contributed by atoms with van der Waals surface area (Å²) in [5, 5.41) is 7.49. The Morgan fingerprint density at radius 2 is 1.89 bits per heavy atom. The number of nitrogens with one attached hydrogen (secondary N) is 1. The molecule has 0 aliphatic rings. The molecule has 2 aromatic carbocycles. The lowest BCUT2D eigenvalue weighted by molar-refractivity contribution is 0.102. The average molecular weight is 448 g/mol. The minimum atomic E-state index is -0.298. The Balaban J connectivity index is 1.95. The number of benzene rings is 2. The van der Waals surface area contributed by atoms with Crippen LogP contribution in [-0.2, 0) is 5.41 Å². The maximum Gasteiger partial charge on any atom is 0.261 e. The minimum Gasteiger partial charge on any atom is -0.360 e. The molecule has 1 aromatic heterocycles. The monoisotopic (exact) mass is 446 g/mol. The number of rotatable bonds is 3. The van der Waals surface area contributed by atoms with E-state index in [0.29, 0.717) is 33.3 Å². The van der Waals surface area contributed by atoms with Gasteiger partial charge in [0, 0.05) is 10.0 Å². The Morgan fingerprint density at radius 1 is 1.19 bits per heavy atom. The van der Waals surface area contributed by atoms with Crippen molar-refractivity contribution in [3.05, 3.63) is 68.8 Å². The van der Waals surface area contributed by atoms with Gasteiger partial charge in [-0.1, -0.05) is 61.8 Å². The van der Waals surface area contributed by atoms with Gasteiger partial charge >= 0.3 is 0 Å². The third kappa shape index (κ3) is 4.09. The standard InChI is InChI=1S/C21H20BrClN2O2/c1-12-18(19(25-27-12)14-7-5-6-8-16(14)23)20(26)24-17-10-9-13(11-15(17)22)21(2,3)4/h5-11H,1-4H3,(H,24,26). The van der Waals surface area contributed by atoms with Crippen LogP contribution in [0.5, 0.6) is 0 Å². The zero-order chi connectivity index (χ0) is 19.8. The number of anilines is 1. The summed E-state index contributed by atoms with van der Waals surface area (Å²) in [7, 11) is 0. The summed E-state index contributed by atoms with van der Waals surface area (Å²) in [6, 6.07) is 13.2. The van der Waals surface area contributed by atoms with Crippen LogP contribution >= 0.6 is 27.5 Å². The van der Waals surface area contributed by atoms with E-state index >= 15 is 0 Å². The van der Waals surface area contributed by atoms with Gasteiger partial charge in [-0.05, 0) is 52.0 Å². The van der Waals surface area contributed by atoms with Gasteiger partial charge in [-0.3, -0.25) is 4.79 Å². The highest BCUT2D eigenvalue weighted by Crippen LogP contribution is 2.33. The van der Waals surface area contributed by atoms with E-state index < -0.39 is 0 Å². The molecule has 0 saturated heterocycles. The quantitative estimate of drug-likeness (QED) is 0.491. The van der Waals surface area contributed by atoms with Crippen molar-refractivity contribution >= 4 is 39.1 Å². The number of aryl methyl sites for hydroxylation is 1. The number of aromatic nitrogens is 1. The first-order valence-corrected chi connectivity index (χ1v) is 9.68.